The first-order valence-corrected chi connectivity index (χ1v) is 17.9. The summed E-state index contributed by atoms with van der Waals surface area (Å²) < 4.78 is 24.7. The van der Waals surface area contributed by atoms with E-state index in [-0.39, 0.29) is 11.1 Å². The molecule has 0 atom stereocenters. The van der Waals surface area contributed by atoms with E-state index in [0.29, 0.717) is 64.2 Å². The molecule has 16 heteroatoms. The molecule has 0 saturated heterocycles. The molecule has 0 saturated carbocycles. The maximum atomic E-state index is 11.6. The molecule has 2 aromatic carbocycles. The molecule has 0 unspecified atom stereocenters. The molecule has 288 valence electrons. The lowest BCUT2D eigenvalue weighted by Crippen LogP contribution is -2.22. The first-order chi connectivity index (χ1) is 25.8. The van der Waals surface area contributed by atoms with Gasteiger partial charge < -0.3 is 34.7 Å². The van der Waals surface area contributed by atoms with Crippen molar-refractivity contribution in [1.82, 2.24) is 30.5 Å². The van der Waals surface area contributed by atoms with Gasteiger partial charge in [-0.05, 0) is 88.0 Å². The number of benzene rings is 2. The fourth-order valence-electron chi connectivity index (χ4n) is 5.39. The van der Waals surface area contributed by atoms with E-state index in [2.05, 4.69) is 36.0 Å². The van der Waals surface area contributed by atoms with Crippen LogP contribution in [0.15, 0.2) is 48.7 Å². The van der Waals surface area contributed by atoms with Crippen molar-refractivity contribution in [3.8, 4) is 11.5 Å². The lowest BCUT2D eigenvalue weighted by atomic mass is 10.1. The number of aromatic nitrogens is 5. The number of carbonyl (C=O) groups excluding carboxylic acids is 1. The summed E-state index contributed by atoms with van der Waals surface area (Å²) in [5, 5.41) is 40.0. The molecular formula is C37H51N7O9. The van der Waals surface area contributed by atoms with Crippen molar-refractivity contribution >= 4 is 17.6 Å². The number of aromatic carboxylic acids is 1. The third kappa shape index (κ3) is 14.9. The Morgan fingerprint density at radius 3 is 2.25 bits per heavy atom. The lowest BCUT2D eigenvalue weighted by Gasteiger charge is -2.11. The molecule has 4 aromatic rings. The van der Waals surface area contributed by atoms with Crippen LogP contribution in [-0.2, 0) is 33.9 Å². The zero-order chi connectivity index (χ0) is 37.7. The maximum absolute atomic E-state index is 11.6. The van der Waals surface area contributed by atoms with E-state index in [1.165, 1.54) is 17.7 Å². The minimum atomic E-state index is -1.02. The van der Waals surface area contributed by atoms with Gasteiger partial charge in [-0.15, -0.1) is 5.10 Å². The van der Waals surface area contributed by atoms with Crippen LogP contribution in [0.1, 0.15) is 75.5 Å². The summed E-state index contributed by atoms with van der Waals surface area (Å²) in [7, 11) is 0. The fourth-order valence-corrected chi connectivity index (χ4v) is 5.39. The van der Waals surface area contributed by atoms with Crippen LogP contribution in [0.4, 0.5) is 5.69 Å². The summed E-state index contributed by atoms with van der Waals surface area (Å²) in [5.41, 5.74) is 5.18. The number of nitrogens with zero attached hydrogens (tertiary/aromatic N) is 4. The second kappa shape index (κ2) is 22.8. The van der Waals surface area contributed by atoms with Crippen LogP contribution in [0.3, 0.4) is 0 Å². The molecule has 4 rings (SSSR count). The Labute approximate surface area is 309 Å². The molecule has 0 spiro atoms. The molecule has 0 aliphatic carbocycles. The van der Waals surface area contributed by atoms with Crippen LogP contribution in [0, 0.1) is 13.8 Å². The second-order valence-electron chi connectivity index (χ2n) is 12.4. The maximum Gasteiger partial charge on any atom is 0.372 e. The van der Waals surface area contributed by atoms with Crippen LogP contribution in [0.25, 0.3) is 0 Å². The monoisotopic (exact) mass is 737 g/mol. The molecular weight excluding hydrogens is 686 g/mol. The number of nitrogens with one attached hydrogen (secondary N) is 3. The smallest absolute Gasteiger partial charge is 0.372 e. The van der Waals surface area contributed by atoms with E-state index >= 15 is 0 Å². The van der Waals surface area contributed by atoms with Gasteiger partial charge in [-0.25, -0.2) is 14.3 Å². The Hall–Kier alpha value is -5.03. The Balaban J connectivity index is 0.945. The average molecular weight is 738 g/mol. The van der Waals surface area contributed by atoms with Crippen LogP contribution in [-0.4, -0.2) is 100 Å². The Morgan fingerprint density at radius 2 is 1.55 bits per heavy atom. The lowest BCUT2D eigenvalue weighted by molar-refractivity contribution is -0.182. The summed E-state index contributed by atoms with van der Waals surface area (Å²) in [4.78, 5) is 26.7. The van der Waals surface area contributed by atoms with Crippen molar-refractivity contribution in [1.29, 1.82) is 0 Å². The van der Waals surface area contributed by atoms with Crippen molar-refractivity contribution in [3.63, 3.8) is 0 Å². The molecule has 0 fully saturated rings. The van der Waals surface area contributed by atoms with Crippen molar-refractivity contribution in [2.45, 2.75) is 65.5 Å². The van der Waals surface area contributed by atoms with E-state index in [0.717, 1.165) is 74.4 Å². The number of ether oxygens (including phenoxy) is 4. The van der Waals surface area contributed by atoms with Crippen LogP contribution < -0.4 is 20.1 Å². The molecule has 16 nitrogen and oxygen atoms in total. The van der Waals surface area contributed by atoms with Gasteiger partial charge in [0.1, 0.15) is 17.2 Å². The van der Waals surface area contributed by atoms with E-state index in [4.69, 9.17) is 24.2 Å². The number of aromatic amines is 1. The fraction of sp³-hybridized carbons (Fsp3) is 0.486. The summed E-state index contributed by atoms with van der Waals surface area (Å²) >= 11 is 0. The molecule has 53 heavy (non-hydrogen) atoms. The Kier molecular flexibility index (Phi) is 17.5. The van der Waals surface area contributed by atoms with E-state index in [9.17, 15) is 14.7 Å². The Bertz CT molecular complexity index is 1660. The molecule has 5 N–H and O–H groups in total. The predicted octanol–water partition coefficient (Wildman–Crippen LogP) is 4.83. The molecule has 2 heterocycles. The zero-order valence-corrected chi connectivity index (χ0v) is 30.5. The molecule has 0 radical (unpaired) electrons. The van der Waals surface area contributed by atoms with Crippen molar-refractivity contribution in [3.05, 3.63) is 82.4 Å². The quantitative estimate of drug-likeness (QED) is 0.0316. The van der Waals surface area contributed by atoms with Gasteiger partial charge in [-0.2, -0.15) is 10.4 Å². The summed E-state index contributed by atoms with van der Waals surface area (Å²) in [6.45, 7) is 9.76. The number of aryl methyl sites for hydroxylation is 2. The molecule has 2 aromatic heterocycles. The molecule has 0 amide bonds. The topological polar surface area (TPSA) is 204 Å². The van der Waals surface area contributed by atoms with Crippen LogP contribution in [0.5, 0.6) is 11.5 Å². The number of carboxylic acid groups (broad SMARTS) is 1. The molecule has 0 aliphatic rings. The second-order valence-corrected chi connectivity index (χ2v) is 12.4. The Morgan fingerprint density at radius 1 is 0.830 bits per heavy atom. The van der Waals surface area contributed by atoms with E-state index < -0.39 is 11.9 Å². The number of H-pyrrole nitrogens is 1. The highest BCUT2D eigenvalue weighted by Crippen LogP contribution is 2.24. The molecule has 0 bridgehead atoms. The van der Waals surface area contributed by atoms with Crippen LogP contribution in [0.2, 0.25) is 0 Å². The standard InChI is InChI=1S/C37H51N7O9/c1-27-35(28(2)41-40-27)8-7-17-52-34-23-30(36(45)46)22-33(24-34)51-16-6-4-3-5-13-38-14-18-49-20-21-50-19-15-44-26-32(42-43-44)25-39-31-11-9-29(10-12-31)37(47)53-48/h9-12,22-24,26,38-39,48H,3-8,13-21,25H2,1-2H3,(H,40,41)(H,45,46). The zero-order valence-electron chi connectivity index (χ0n) is 30.5. The third-order valence-electron chi connectivity index (χ3n) is 8.29. The van der Waals surface area contributed by atoms with Gasteiger partial charge in [-0.3, -0.25) is 9.99 Å². The average Bonchev–Trinajstić information content (AvgIpc) is 3.76. The highest BCUT2D eigenvalue weighted by Gasteiger charge is 2.11. The largest absolute Gasteiger partial charge is 0.493 e. The number of carbonyl (C=O) groups is 2. The van der Waals surface area contributed by atoms with Gasteiger partial charge in [0.25, 0.3) is 0 Å². The number of rotatable bonds is 27. The minimum absolute atomic E-state index is 0.142. The number of hydrogen-bond donors (Lipinski definition) is 5. The summed E-state index contributed by atoms with van der Waals surface area (Å²) in [6.07, 6.45) is 7.46. The molecule has 0 aliphatic heterocycles. The van der Waals surface area contributed by atoms with Crippen LogP contribution >= 0.6 is 0 Å². The van der Waals surface area contributed by atoms with Crippen molar-refractivity contribution < 1.29 is 43.8 Å². The van der Waals surface area contributed by atoms with Gasteiger partial charge in [-0.1, -0.05) is 18.1 Å². The van der Waals surface area contributed by atoms with Crippen molar-refractivity contribution in [2.75, 3.05) is 58.0 Å². The predicted molar refractivity (Wildman–Crippen MR) is 196 cm³/mol. The first kappa shape index (κ1) is 40.7. The van der Waals surface area contributed by atoms with E-state index in [1.807, 2.05) is 20.0 Å². The number of carboxylic acids is 1. The first-order valence-electron chi connectivity index (χ1n) is 17.9. The normalized spacial score (nSPS) is 11.1. The third-order valence-corrected chi connectivity index (χ3v) is 8.29. The highest BCUT2D eigenvalue weighted by molar-refractivity contribution is 5.89. The van der Waals surface area contributed by atoms with Gasteiger partial charge in [0.2, 0.25) is 0 Å². The van der Waals surface area contributed by atoms with Gasteiger partial charge in [0.05, 0.1) is 75.7 Å². The summed E-state index contributed by atoms with van der Waals surface area (Å²) in [5.74, 6) is -0.837. The number of anilines is 1. The number of hydrogen-bond acceptors (Lipinski definition) is 13. The number of unbranched alkanes of at least 4 members (excludes halogenated alkanes) is 3. The van der Waals surface area contributed by atoms with E-state index in [1.54, 1.807) is 35.0 Å². The minimum Gasteiger partial charge on any atom is -0.493 e. The van der Waals surface area contributed by atoms with Gasteiger partial charge in [0.15, 0.2) is 0 Å². The highest BCUT2D eigenvalue weighted by atomic mass is 17.1. The SMILES string of the molecule is Cc1n[nH]c(C)c1CCCOc1cc(OCCCCCCNCCOCCOCCn2cc(CNc3ccc(C(=O)OO)cc3)nn2)cc(C(=O)O)c1. The van der Waals surface area contributed by atoms with Crippen molar-refractivity contribution in [2.24, 2.45) is 0 Å². The van der Waals surface area contributed by atoms with Gasteiger partial charge >= 0.3 is 11.9 Å². The summed E-state index contributed by atoms with van der Waals surface area (Å²) in [6, 6.07) is 11.3. The van der Waals surface area contributed by atoms with Gasteiger partial charge in [0, 0.05) is 24.0 Å².